The van der Waals surface area contributed by atoms with Crippen molar-refractivity contribution < 1.29 is 0 Å². The highest BCUT2D eigenvalue weighted by Crippen LogP contribution is 2.66. The molecule has 6 aromatic carbocycles. The van der Waals surface area contributed by atoms with E-state index in [2.05, 4.69) is 168 Å². The fourth-order valence-electron chi connectivity index (χ4n) is 9.75. The maximum Gasteiger partial charge on any atom is 0.0505 e. The monoisotopic (exact) mass is 622 g/mol. The van der Waals surface area contributed by atoms with Crippen LogP contribution in [0.1, 0.15) is 54.4 Å². The normalized spacial score (nSPS) is 20.8. The molecule has 0 heterocycles. The molecule has 0 saturated heterocycles. The first-order valence-corrected chi connectivity index (χ1v) is 17.9. The highest BCUT2D eigenvalue weighted by atomic mass is 15.2. The summed E-state index contributed by atoms with van der Waals surface area (Å²) < 4.78 is 0. The molecule has 6 aromatic rings. The quantitative estimate of drug-likeness (QED) is 0.182. The van der Waals surface area contributed by atoms with Gasteiger partial charge in [-0.15, -0.1) is 0 Å². The van der Waals surface area contributed by atoms with Gasteiger partial charge >= 0.3 is 0 Å². The van der Waals surface area contributed by atoms with Gasteiger partial charge in [0.25, 0.3) is 0 Å². The largest absolute Gasteiger partial charge is 0.310 e. The van der Waals surface area contributed by atoms with Crippen LogP contribution in [0.5, 0.6) is 0 Å². The summed E-state index contributed by atoms with van der Waals surface area (Å²) in [6, 6.07) is 58.5. The standard InChI is InChI=1S/C46H42N2/c1-6-20-36-32-34-18-16-30-42(47(38-22-8-2-9-23-38)39-24-10-3-11-25-39)44(34)46(36)37(21-7-1)33-35-19-17-31-43(45(35)46)48(40-26-12-4-13-27-40)41-28-14-5-15-29-41/h2-5,8-19,22-31,36-37H,1,6-7,20-21,32-33H2. The van der Waals surface area contributed by atoms with Crippen molar-refractivity contribution in [1.29, 1.82) is 0 Å². The zero-order valence-electron chi connectivity index (χ0n) is 27.5. The van der Waals surface area contributed by atoms with Crippen LogP contribution in [0, 0.1) is 11.8 Å². The predicted molar refractivity (Wildman–Crippen MR) is 201 cm³/mol. The van der Waals surface area contributed by atoms with E-state index in [1.165, 1.54) is 77.4 Å². The lowest BCUT2D eigenvalue weighted by molar-refractivity contribution is 0.205. The summed E-state index contributed by atoms with van der Waals surface area (Å²) in [5.41, 5.74) is 13.7. The minimum absolute atomic E-state index is 0.0815. The van der Waals surface area contributed by atoms with Gasteiger partial charge in [-0.1, -0.05) is 116 Å². The first-order valence-electron chi connectivity index (χ1n) is 17.9. The van der Waals surface area contributed by atoms with Gasteiger partial charge < -0.3 is 9.80 Å². The van der Waals surface area contributed by atoms with Gasteiger partial charge in [-0.25, -0.2) is 0 Å². The molecule has 1 saturated carbocycles. The van der Waals surface area contributed by atoms with Crippen molar-refractivity contribution in [1.82, 2.24) is 0 Å². The van der Waals surface area contributed by atoms with Crippen molar-refractivity contribution in [3.63, 3.8) is 0 Å². The Morgan fingerprint density at radius 2 is 0.729 bits per heavy atom. The molecule has 9 rings (SSSR count). The Kier molecular flexibility index (Phi) is 7.38. The molecule has 0 bridgehead atoms. The van der Waals surface area contributed by atoms with Gasteiger partial charge in [0, 0.05) is 28.2 Å². The van der Waals surface area contributed by atoms with Gasteiger partial charge in [0.15, 0.2) is 0 Å². The molecule has 1 spiro atoms. The second-order valence-electron chi connectivity index (χ2n) is 13.9. The molecule has 48 heavy (non-hydrogen) atoms. The number of benzene rings is 6. The zero-order chi connectivity index (χ0) is 31.9. The molecule has 0 N–H and O–H groups in total. The van der Waals surface area contributed by atoms with Crippen LogP contribution in [0.3, 0.4) is 0 Å². The number of para-hydroxylation sites is 4. The highest BCUT2D eigenvalue weighted by Gasteiger charge is 2.59. The predicted octanol–water partition coefficient (Wildman–Crippen LogP) is 12.2. The van der Waals surface area contributed by atoms with E-state index in [4.69, 9.17) is 0 Å². The van der Waals surface area contributed by atoms with E-state index in [1.807, 2.05) is 0 Å². The number of hydrogen-bond acceptors (Lipinski definition) is 2. The Morgan fingerprint density at radius 1 is 0.375 bits per heavy atom. The van der Waals surface area contributed by atoms with E-state index in [0.29, 0.717) is 11.8 Å². The summed E-state index contributed by atoms with van der Waals surface area (Å²) in [6.07, 6.45) is 8.78. The molecule has 2 atom stereocenters. The number of anilines is 6. The van der Waals surface area contributed by atoms with Crippen LogP contribution in [0.4, 0.5) is 34.1 Å². The van der Waals surface area contributed by atoms with Crippen molar-refractivity contribution in [2.45, 2.75) is 50.4 Å². The van der Waals surface area contributed by atoms with Gasteiger partial charge in [0.2, 0.25) is 0 Å². The Hall–Kier alpha value is -5.08. The fraction of sp³-hybridized carbons (Fsp3) is 0.217. The molecular formula is C46H42N2. The molecule has 0 aromatic heterocycles. The molecule has 3 aliphatic carbocycles. The lowest BCUT2D eigenvalue weighted by Gasteiger charge is -2.45. The van der Waals surface area contributed by atoms with Crippen molar-refractivity contribution in [2.75, 3.05) is 9.80 Å². The third-order valence-corrected chi connectivity index (χ3v) is 11.4. The summed E-state index contributed by atoms with van der Waals surface area (Å²) in [4.78, 5) is 5.08. The van der Waals surface area contributed by atoms with Crippen LogP contribution in [0.15, 0.2) is 158 Å². The Bertz CT molecular complexity index is 1790. The van der Waals surface area contributed by atoms with Gasteiger partial charge in [-0.3, -0.25) is 0 Å². The maximum absolute atomic E-state index is 2.54. The van der Waals surface area contributed by atoms with E-state index >= 15 is 0 Å². The van der Waals surface area contributed by atoms with Crippen LogP contribution in [0.2, 0.25) is 0 Å². The zero-order valence-corrected chi connectivity index (χ0v) is 27.5. The van der Waals surface area contributed by atoms with Crippen LogP contribution < -0.4 is 9.80 Å². The highest BCUT2D eigenvalue weighted by molar-refractivity contribution is 5.86. The van der Waals surface area contributed by atoms with Crippen molar-refractivity contribution in [3.05, 3.63) is 180 Å². The second-order valence-corrected chi connectivity index (χ2v) is 13.9. The fourth-order valence-corrected chi connectivity index (χ4v) is 9.75. The molecule has 2 unspecified atom stereocenters. The number of hydrogen-bond donors (Lipinski definition) is 0. The third-order valence-electron chi connectivity index (χ3n) is 11.4. The Morgan fingerprint density at radius 3 is 1.08 bits per heavy atom. The number of nitrogens with zero attached hydrogens (tertiary/aromatic N) is 2. The lowest BCUT2D eigenvalue weighted by Crippen LogP contribution is -2.40. The molecule has 1 fully saturated rings. The van der Waals surface area contributed by atoms with E-state index < -0.39 is 0 Å². The molecular weight excluding hydrogens is 581 g/mol. The topological polar surface area (TPSA) is 6.48 Å². The molecule has 3 aliphatic rings. The molecule has 0 aliphatic heterocycles. The molecule has 236 valence electrons. The van der Waals surface area contributed by atoms with Crippen LogP contribution in [-0.4, -0.2) is 0 Å². The Labute approximate surface area is 285 Å². The smallest absolute Gasteiger partial charge is 0.0505 e. The third kappa shape index (κ3) is 4.61. The van der Waals surface area contributed by atoms with E-state index in [0.717, 1.165) is 12.8 Å². The Balaban J connectivity index is 1.35. The van der Waals surface area contributed by atoms with Crippen LogP contribution in [0.25, 0.3) is 0 Å². The van der Waals surface area contributed by atoms with Crippen LogP contribution >= 0.6 is 0 Å². The molecule has 0 radical (unpaired) electrons. The average Bonchev–Trinajstić information content (AvgIpc) is 3.64. The first kappa shape index (κ1) is 29.1. The van der Waals surface area contributed by atoms with Crippen LogP contribution in [-0.2, 0) is 18.3 Å². The molecule has 2 nitrogen and oxygen atoms in total. The summed E-state index contributed by atoms with van der Waals surface area (Å²) in [6.45, 7) is 0. The number of rotatable bonds is 6. The van der Waals surface area contributed by atoms with Crippen molar-refractivity contribution in [2.24, 2.45) is 11.8 Å². The van der Waals surface area contributed by atoms with Crippen molar-refractivity contribution >= 4 is 34.1 Å². The summed E-state index contributed by atoms with van der Waals surface area (Å²) in [7, 11) is 0. The van der Waals surface area contributed by atoms with E-state index in [-0.39, 0.29) is 5.41 Å². The summed E-state index contributed by atoms with van der Waals surface area (Å²) >= 11 is 0. The summed E-state index contributed by atoms with van der Waals surface area (Å²) in [5.74, 6) is 1.12. The van der Waals surface area contributed by atoms with Gasteiger partial charge in [-0.2, -0.15) is 0 Å². The SMILES string of the molecule is c1ccc(N(c2ccccc2)c2cccc3c2C24c5c(cccc5N(c5ccccc5)c5ccccc5)CC2CCCCCC4C3)cc1. The summed E-state index contributed by atoms with van der Waals surface area (Å²) in [5, 5.41) is 0. The van der Waals surface area contributed by atoms with E-state index in [1.54, 1.807) is 11.1 Å². The van der Waals surface area contributed by atoms with Gasteiger partial charge in [-0.05, 0) is 120 Å². The molecule has 2 heteroatoms. The minimum atomic E-state index is -0.0815. The molecule has 0 amide bonds. The number of fused-ring (bicyclic) bond motifs is 2. The van der Waals surface area contributed by atoms with E-state index in [9.17, 15) is 0 Å². The minimum Gasteiger partial charge on any atom is -0.310 e. The second kappa shape index (κ2) is 12.2. The maximum atomic E-state index is 2.54. The first-order chi connectivity index (χ1) is 23.8. The van der Waals surface area contributed by atoms with Gasteiger partial charge in [0.05, 0.1) is 11.4 Å². The average molecular weight is 623 g/mol. The van der Waals surface area contributed by atoms with Crippen molar-refractivity contribution in [3.8, 4) is 0 Å². The lowest BCUT2D eigenvalue weighted by atomic mass is 9.60. The van der Waals surface area contributed by atoms with Gasteiger partial charge in [0.1, 0.15) is 0 Å².